The summed E-state index contributed by atoms with van der Waals surface area (Å²) in [7, 11) is 0. The SMILES string of the molecule is C1=C\c2ccc3ccnc(-c4ccnc(-c5cccc(-c6nc7c8ccccc8c8ccccc8c7c7ccccc67)c5)n4)c3c2CC\C=C/1c1ccccc1. The summed E-state index contributed by atoms with van der Waals surface area (Å²) in [6.45, 7) is 0. The lowest BCUT2D eigenvalue weighted by atomic mass is 9.90. The molecule has 0 unspecified atom stereocenters. The van der Waals surface area contributed by atoms with Crippen molar-refractivity contribution in [3.05, 3.63) is 193 Å². The Balaban J connectivity index is 1.04. The van der Waals surface area contributed by atoms with Gasteiger partial charge in [0.15, 0.2) is 5.82 Å². The van der Waals surface area contributed by atoms with Gasteiger partial charge in [-0.2, -0.15) is 0 Å². The predicted octanol–water partition coefficient (Wildman–Crippen LogP) is 13.1. The fraction of sp³-hybridized carbons (Fsp3) is 0.0385. The molecule has 0 atom stereocenters. The van der Waals surface area contributed by atoms with Crippen LogP contribution in [0.2, 0.25) is 0 Å². The molecule has 3 aromatic heterocycles. The van der Waals surface area contributed by atoms with Crippen LogP contribution in [0.5, 0.6) is 0 Å². The molecule has 0 aliphatic heterocycles. The number of nitrogens with zero attached hydrogens (tertiary/aromatic N) is 4. The molecule has 10 aromatic rings. The summed E-state index contributed by atoms with van der Waals surface area (Å²) in [5.74, 6) is 0.652. The van der Waals surface area contributed by atoms with Crippen LogP contribution in [0.4, 0.5) is 0 Å². The quantitative estimate of drug-likeness (QED) is 0.170. The maximum atomic E-state index is 5.50. The number of benzene rings is 7. The molecule has 3 heterocycles. The van der Waals surface area contributed by atoms with Crippen molar-refractivity contribution in [1.82, 2.24) is 19.9 Å². The molecule has 1 aliphatic carbocycles. The Morgan fingerprint density at radius 1 is 0.446 bits per heavy atom. The Labute approximate surface area is 324 Å². The van der Waals surface area contributed by atoms with Crippen molar-refractivity contribution >= 4 is 65.6 Å². The van der Waals surface area contributed by atoms with Crippen molar-refractivity contribution in [2.24, 2.45) is 0 Å². The average molecular weight is 715 g/mol. The van der Waals surface area contributed by atoms with E-state index < -0.39 is 0 Å². The molecule has 0 bridgehead atoms. The smallest absolute Gasteiger partial charge is 0.159 e. The van der Waals surface area contributed by atoms with E-state index >= 15 is 0 Å². The third kappa shape index (κ3) is 5.30. The fourth-order valence-corrected chi connectivity index (χ4v) is 8.69. The molecule has 0 N–H and O–H groups in total. The van der Waals surface area contributed by atoms with Crippen LogP contribution in [0, 0.1) is 0 Å². The van der Waals surface area contributed by atoms with Crippen LogP contribution in [0.15, 0.2) is 176 Å². The highest BCUT2D eigenvalue weighted by molar-refractivity contribution is 6.31. The predicted molar refractivity (Wildman–Crippen MR) is 233 cm³/mol. The zero-order valence-corrected chi connectivity index (χ0v) is 30.5. The van der Waals surface area contributed by atoms with Crippen molar-refractivity contribution in [1.29, 1.82) is 0 Å². The van der Waals surface area contributed by atoms with E-state index in [1.807, 2.05) is 18.5 Å². The van der Waals surface area contributed by atoms with Crippen LogP contribution in [-0.4, -0.2) is 19.9 Å². The minimum absolute atomic E-state index is 0.652. The van der Waals surface area contributed by atoms with E-state index in [9.17, 15) is 0 Å². The maximum Gasteiger partial charge on any atom is 0.159 e. The van der Waals surface area contributed by atoms with Crippen LogP contribution in [-0.2, 0) is 6.42 Å². The molecule has 0 saturated carbocycles. The van der Waals surface area contributed by atoms with Crippen molar-refractivity contribution in [3.63, 3.8) is 0 Å². The molecule has 0 fully saturated rings. The molecule has 1 aliphatic rings. The molecule has 0 saturated heterocycles. The summed E-state index contributed by atoms with van der Waals surface area (Å²) < 4.78 is 0. The molecule has 0 spiro atoms. The van der Waals surface area contributed by atoms with Gasteiger partial charge in [0, 0.05) is 45.1 Å². The van der Waals surface area contributed by atoms with Crippen LogP contribution >= 0.6 is 0 Å². The molecular formula is C52H34N4. The largest absolute Gasteiger partial charge is 0.254 e. The molecule has 0 radical (unpaired) electrons. The molecular weight excluding hydrogens is 681 g/mol. The lowest BCUT2D eigenvalue weighted by molar-refractivity contribution is 1.01. The standard InChI is InChI=1S/C52H34N4/c1-2-12-33(13-3-1)34-14-11-23-39-35(25-24-34)26-27-36-28-30-53-51(47(36)39)46-29-31-54-52(55-46)38-16-10-15-37(32-38)49-45-22-9-7-20-43(45)48-42-19-6-4-17-40(42)41-18-5-8-21-44(41)50(48)56-49/h1-10,12-22,24-32H,11,23H2/b25-24-,34-14+. The number of aromatic nitrogens is 4. The molecule has 0 amide bonds. The number of fused-ring (bicyclic) bond motifs is 11. The number of hydrogen-bond acceptors (Lipinski definition) is 4. The summed E-state index contributed by atoms with van der Waals surface area (Å²) >= 11 is 0. The second kappa shape index (κ2) is 13.2. The van der Waals surface area contributed by atoms with Gasteiger partial charge in [0.25, 0.3) is 0 Å². The Bertz CT molecular complexity index is 3250. The zero-order valence-electron chi connectivity index (χ0n) is 30.5. The Kier molecular flexibility index (Phi) is 7.59. The summed E-state index contributed by atoms with van der Waals surface area (Å²) in [6.07, 6.45) is 12.4. The third-order valence-electron chi connectivity index (χ3n) is 11.3. The average Bonchev–Trinajstić information content (AvgIpc) is 3.26. The van der Waals surface area contributed by atoms with Gasteiger partial charge in [-0.1, -0.05) is 152 Å². The van der Waals surface area contributed by atoms with E-state index in [1.165, 1.54) is 49.2 Å². The van der Waals surface area contributed by atoms with Gasteiger partial charge in [-0.3, -0.25) is 4.98 Å². The number of aryl methyl sites for hydroxylation is 1. The van der Waals surface area contributed by atoms with E-state index in [0.29, 0.717) is 5.82 Å². The minimum Gasteiger partial charge on any atom is -0.254 e. The van der Waals surface area contributed by atoms with Gasteiger partial charge in [0.05, 0.1) is 22.6 Å². The molecule has 7 aromatic carbocycles. The monoisotopic (exact) mass is 714 g/mol. The maximum absolute atomic E-state index is 5.50. The Morgan fingerprint density at radius 2 is 1.12 bits per heavy atom. The number of hydrogen-bond donors (Lipinski definition) is 0. The van der Waals surface area contributed by atoms with Crippen LogP contribution < -0.4 is 0 Å². The Morgan fingerprint density at radius 3 is 1.96 bits per heavy atom. The van der Waals surface area contributed by atoms with Crippen LogP contribution in [0.3, 0.4) is 0 Å². The number of allylic oxidation sites excluding steroid dienone is 3. The first-order valence-electron chi connectivity index (χ1n) is 19.2. The number of rotatable bonds is 4. The molecule has 56 heavy (non-hydrogen) atoms. The molecule has 4 nitrogen and oxygen atoms in total. The van der Waals surface area contributed by atoms with E-state index in [0.717, 1.165) is 68.1 Å². The van der Waals surface area contributed by atoms with Gasteiger partial charge < -0.3 is 0 Å². The highest BCUT2D eigenvalue weighted by Gasteiger charge is 2.19. The van der Waals surface area contributed by atoms with Crippen LogP contribution in [0.1, 0.15) is 23.1 Å². The summed E-state index contributed by atoms with van der Waals surface area (Å²) in [5, 5.41) is 10.6. The summed E-state index contributed by atoms with van der Waals surface area (Å²) in [5.41, 5.74) is 10.6. The lowest BCUT2D eigenvalue weighted by Crippen LogP contribution is -1.99. The highest BCUT2D eigenvalue weighted by Crippen LogP contribution is 2.41. The number of pyridine rings is 2. The fourth-order valence-electron chi connectivity index (χ4n) is 8.69. The lowest BCUT2D eigenvalue weighted by Gasteiger charge is -2.16. The van der Waals surface area contributed by atoms with Crippen molar-refractivity contribution in [2.45, 2.75) is 12.8 Å². The van der Waals surface area contributed by atoms with Gasteiger partial charge in [-0.15, -0.1) is 0 Å². The third-order valence-corrected chi connectivity index (χ3v) is 11.3. The first-order chi connectivity index (χ1) is 27.8. The van der Waals surface area contributed by atoms with E-state index in [1.54, 1.807) is 0 Å². The second-order valence-corrected chi connectivity index (χ2v) is 14.5. The Hall–Kier alpha value is -7.30. The molecule has 4 heteroatoms. The summed E-state index contributed by atoms with van der Waals surface area (Å²) in [6, 6.07) is 53.6. The topological polar surface area (TPSA) is 51.6 Å². The van der Waals surface area contributed by atoms with Crippen molar-refractivity contribution < 1.29 is 0 Å². The van der Waals surface area contributed by atoms with Gasteiger partial charge in [0.2, 0.25) is 0 Å². The van der Waals surface area contributed by atoms with Gasteiger partial charge >= 0.3 is 0 Å². The normalized spacial score (nSPS) is 14.4. The van der Waals surface area contributed by atoms with E-state index in [2.05, 4.69) is 164 Å². The first kappa shape index (κ1) is 32.2. The van der Waals surface area contributed by atoms with Crippen molar-refractivity contribution in [3.8, 4) is 34.0 Å². The molecule has 262 valence electrons. The van der Waals surface area contributed by atoms with E-state index in [-0.39, 0.29) is 0 Å². The first-order valence-corrected chi connectivity index (χ1v) is 19.2. The zero-order chi connectivity index (χ0) is 37.0. The van der Waals surface area contributed by atoms with Gasteiger partial charge in [-0.05, 0) is 80.2 Å². The van der Waals surface area contributed by atoms with Gasteiger partial charge in [-0.25, -0.2) is 15.0 Å². The van der Waals surface area contributed by atoms with Crippen LogP contribution in [0.25, 0.3) is 99.7 Å². The van der Waals surface area contributed by atoms with Gasteiger partial charge in [0.1, 0.15) is 0 Å². The second-order valence-electron chi connectivity index (χ2n) is 14.5. The molecule has 11 rings (SSSR count). The van der Waals surface area contributed by atoms with E-state index in [4.69, 9.17) is 19.9 Å². The van der Waals surface area contributed by atoms with Crippen molar-refractivity contribution in [2.75, 3.05) is 0 Å². The minimum atomic E-state index is 0.652. The summed E-state index contributed by atoms with van der Waals surface area (Å²) in [4.78, 5) is 20.5. The highest BCUT2D eigenvalue weighted by atomic mass is 14.9.